The van der Waals surface area contributed by atoms with Gasteiger partial charge in [0.15, 0.2) is 0 Å². The predicted octanol–water partition coefficient (Wildman–Crippen LogP) is 3.12. The largest absolute Gasteiger partial charge is 0.309 e. The van der Waals surface area contributed by atoms with Gasteiger partial charge in [-0.25, -0.2) is 0 Å². The first-order valence-corrected chi connectivity index (χ1v) is 6.23. The highest BCUT2D eigenvalue weighted by molar-refractivity contribution is 5.34. The molecular weight excluding hydrogens is 228 g/mol. The normalized spacial score (nSPS) is 20.7. The predicted molar refractivity (Wildman–Crippen MR) is 71.3 cm³/mol. The third-order valence-electron chi connectivity index (χ3n) is 4.65. The van der Waals surface area contributed by atoms with Gasteiger partial charge in [-0.3, -0.25) is 10.1 Å². The first-order chi connectivity index (χ1) is 8.26. The van der Waals surface area contributed by atoms with E-state index < -0.39 is 0 Å². The zero-order chi connectivity index (χ0) is 13.6. The summed E-state index contributed by atoms with van der Waals surface area (Å²) in [5.41, 5.74) is 1.69. The van der Waals surface area contributed by atoms with Crippen LogP contribution < -0.4 is 5.32 Å². The average molecular weight is 248 g/mol. The fourth-order valence-electron chi connectivity index (χ4n) is 2.71. The van der Waals surface area contributed by atoms with Crippen LogP contribution in [0.5, 0.6) is 0 Å². The highest BCUT2D eigenvalue weighted by Gasteiger charge is 2.64. The highest BCUT2D eigenvalue weighted by atomic mass is 16.6. The Morgan fingerprint density at radius 2 is 1.89 bits per heavy atom. The summed E-state index contributed by atoms with van der Waals surface area (Å²) in [6.07, 6.45) is 0. The van der Waals surface area contributed by atoms with Gasteiger partial charge in [0.05, 0.1) is 4.92 Å². The molecule has 1 aliphatic rings. The van der Waals surface area contributed by atoms with Crippen molar-refractivity contribution in [2.75, 3.05) is 0 Å². The van der Waals surface area contributed by atoms with E-state index in [1.165, 1.54) is 6.07 Å². The Labute approximate surface area is 108 Å². The van der Waals surface area contributed by atoms with Crippen molar-refractivity contribution in [3.63, 3.8) is 0 Å². The fourth-order valence-corrected chi connectivity index (χ4v) is 2.71. The van der Waals surface area contributed by atoms with Crippen molar-refractivity contribution in [1.29, 1.82) is 0 Å². The maximum atomic E-state index is 10.7. The number of benzene rings is 1. The second-order valence-corrected chi connectivity index (χ2v) is 6.18. The van der Waals surface area contributed by atoms with Gasteiger partial charge in [0.2, 0.25) is 0 Å². The Kier molecular flexibility index (Phi) is 2.93. The lowest BCUT2D eigenvalue weighted by Crippen LogP contribution is -2.21. The summed E-state index contributed by atoms with van der Waals surface area (Å²) in [5.74, 6) is 0. The van der Waals surface area contributed by atoms with Crippen LogP contribution in [0.4, 0.5) is 5.69 Å². The zero-order valence-corrected chi connectivity index (χ0v) is 11.4. The molecule has 1 fully saturated rings. The third-order valence-corrected chi connectivity index (χ3v) is 4.65. The first kappa shape index (κ1) is 13.0. The van der Waals surface area contributed by atoms with Gasteiger partial charge < -0.3 is 5.32 Å². The van der Waals surface area contributed by atoms with E-state index in [-0.39, 0.29) is 21.4 Å². The van der Waals surface area contributed by atoms with Gasteiger partial charge in [-0.15, -0.1) is 0 Å². The summed E-state index contributed by atoms with van der Waals surface area (Å²) in [5, 5.41) is 14.2. The van der Waals surface area contributed by atoms with Crippen LogP contribution in [0.3, 0.4) is 0 Å². The van der Waals surface area contributed by atoms with Crippen molar-refractivity contribution < 1.29 is 4.92 Å². The minimum Gasteiger partial charge on any atom is -0.309 e. The molecule has 1 aromatic rings. The molecule has 1 N–H and O–H groups in total. The highest BCUT2D eigenvalue weighted by Crippen LogP contribution is 2.62. The number of hydrogen-bond acceptors (Lipinski definition) is 3. The molecule has 98 valence electrons. The minimum absolute atomic E-state index is 0.156. The number of non-ortho nitro benzene ring substituents is 1. The van der Waals surface area contributed by atoms with Crippen molar-refractivity contribution >= 4 is 5.69 Å². The van der Waals surface area contributed by atoms with Gasteiger partial charge in [0.25, 0.3) is 5.69 Å². The SMILES string of the molecule is CC1(C)C(NCc2cccc([N+](=O)[O-])c2)C1(C)C. The number of rotatable bonds is 4. The Morgan fingerprint density at radius 1 is 1.28 bits per heavy atom. The van der Waals surface area contributed by atoms with Crippen molar-refractivity contribution in [2.24, 2.45) is 10.8 Å². The van der Waals surface area contributed by atoms with Gasteiger partial charge in [-0.2, -0.15) is 0 Å². The lowest BCUT2D eigenvalue weighted by Gasteiger charge is -2.06. The van der Waals surface area contributed by atoms with Gasteiger partial charge in [0, 0.05) is 24.7 Å². The van der Waals surface area contributed by atoms with E-state index in [4.69, 9.17) is 0 Å². The van der Waals surface area contributed by atoms with Gasteiger partial charge in [0.1, 0.15) is 0 Å². The summed E-state index contributed by atoms with van der Waals surface area (Å²) in [6.45, 7) is 9.67. The molecule has 1 aliphatic carbocycles. The first-order valence-electron chi connectivity index (χ1n) is 6.23. The molecule has 1 aromatic carbocycles. The van der Waals surface area contributed by atoms with E-state index in [2.05, 4.69) is 33.0 Å². The van der Waals surface area contributed by atoms with Gasteiger partial charge in [-0.05, 0) is 16.4 Å². The van der Waals surface area contributed by atoms with Crippen molar-refractivity contribution in [2.45, 2.75) is 40.3 Å². The molecule has 0 amide bonds. The third kappa shape index (κ3) is 2.01. The molecule has 0 radical (unpaired) electrons. The molecule has 4 nitrogen and oxygen atoms in total. The van der Waals surface area contributed by atoms with E-state index in [1.807, 2.05) is 6.07 Å². The zero-order valence-electron chi connectivity index (χ0n) is 11.4. The van der Waals surface area contributed by atoms with Crippen LogP contribution in [0.2, 0.25) is 0 Å². The topological polar surface area (TPSA) is 55.2 Å². The number of nitrogens with zero attached hydrogens (tertiary/aromatic N) is 1. The Morgan fingerprint density at radius 3 is 2.39 bits per heavy atom. The van der Waals surface area contributed by atoms with E-state index in [0.29, 0.717) is 12.6 Å². The van der Waals surface area contributed by atoms with Crippen molar-refractivity contribution in [3.05, 3.63) is 39.9 Å². The molecule has 0 bridgehead atoms. The summed E-state index contributed by atoms with van der Waals surface area (Å²) in [4.78, 5) is 10.3. The molecule has 0 heterocycles. The second kappa shape index (κ2) is 4.05. The molecule has 18 heavy (non-hydrogen) atoms. The van der Waals surface area contributed by atoms with Crippen LogP contribution in [0.1, 0.15) is 33.3 Å². The summed E-state index contributed by atoms with van der Waals surface area (Å²) in [7, 11) is 0. The molecule has 0 aromatic heterocycles. The van der Waals surface area contributed by atoms with Gasteiger partial charge >= 0.3 is 0 Å². The fraction of sp³-hybridized carbons (Fsp3) is 0.571. The van der Waals surface area contributed by atoms with Crippen LogP contribution in [0.25, 0.3) is 0 Å². The molecule has 0 aliphatic heterocycles. The Balaban J connectivity index is 2.00. The molecule has 0 saturated heterocycles. The average Bonchev–Trinajstić information content (AvgIpc) is 2.67. The van der Waals surface area contributed by atoms with Gasteiger partial charge in [-0.1, -0.05) is 39.8 Å². The number of nitro benzene ring substituents is 1. The lowest BCUT2D eigenvalue weighted by atomic mass is 10.0. The number of nitrogens with one attached hydrogen (secondary N) is 1. The Hall–Kier alpha value is -1.42. The number of hydrogen-bond donors (Lipinski definition) is 1. The quantitative estimate of drug-likeness (QED) is 0.658. The molecule has 0 unspecified atom stereocenters. The number of nitro groups is 1. The smallest absolute Gasteiger partial charge is 0.269 e. The van der Waals surface area contributed by atoms with Crippen LogP contribution in [0, 0.1) is 20.9 Å². The molecule has 1 saturated carbocycles. The molecule has 4 heteroatoms. The van der Waals surface area contributed by atoms with Crippen LogP contribution in [0.15, 0.2) is 24.3 Å². The van der Waals surface area contributed by atoms with E-state index >= 15 is 0 Å². The lowest BCUT2D eigenvalue weighted by molar-refractivity contribution is -0.384. The minimum atomic E-state index is -0.353. The van der Waals surface area contributed by atoms with E-state index in [1.54, 1.807) is 12.1 Å². The molecule has 2 rings (SSSR count). The maximum absolute atomic E-state index is 10.7. The maximum Gasteiger partial charge on any atom is 0.269 e. The second-order valence-electron chi connectivity index (χ2n) is 6.18. The molecule has 0 atom stereocenters. The van der Waals surface area contributed by atoms with Crippen molar-refractivity contribution in [3.8, 4) is 0 Å². The standard InChI is InChI=1S/C14H20N2O2/c1-13(2)12(14(13,3)4)15-9-10-6-5-7-11(8-10)16(17)18/h5-8,12,15H,9H2,1-4H3. The summed E-state index contributed by atoms with van der Waals surface area (Å²) >= 11 is 0. The molecular formula is C14H20N2O2. The monoisotopic (exact) mass is 248 g/mol. The molecule has 0 spiro atoms. The van der Waals surface area contributed by atoms with E-state index in [0.717, 1.165) is 5.56 Å². The van der Waals surface area contributed by atoms with Crippen LogP contribution in [-0.4, -0.2) is 11.0 Å². The van der Waals surface area contributed by atoms with Crippen LogP contribution in [-0.2, 0) is 6.54 Å². The van der Waals surface area contributed by atoms with Crippen molar-refractivity contribution in [1.82, 2.24) is 5.32 Å². The van der Waals surface area contributed by atoms with E-state index in [9.17, 15) is 10.1 Å². The summed E-state index contributed by atoms with van der Waals surface area (Å²) in [6, 6.07) is 7.27. The van der Waals surface area contributed by atoms with Crippen LogP contribution >= 0.6 is 0 Å². The summed E-state index contributed by atoms with van der Waals surface area (Å²) < 4.78 is 0. The Bertz CT molecular complexity index is 466.